The molecule has 3 aliphatic rings. The van der Waals surface area contributed by atoms with Crippen molar-refractivity contribution >= 4 is 23.5 Å². The summed E-state index contributed by atoms with van der Waals surface area (Å²) >= 11 is 0. The number of benzene rings is 1. The molecular weight excluding hydrogens is 344 g/mol. The SMILES string of the molecule is CC1CC(NC(=O)N2CC(NC(=O)C3CCC3)C2)C(=O)N1c1ccccc1. The van der Waals surface area contributed by atoms with Crippen LogP contribution in [0.15, 0.2) is 30.3 Å². The van der Waals surface area contributed by atoms with E-state index in [4.69, 9.17) is 0 Å². The molecule has 7 nitrogen and oxygen atoms in total. The van der Waals surface area contributed by atoms with Gasteiger partial charge in [0.05, 0.1) is 6.04 Å². The van der Waals surface area contributed by atoms with Gasteiger partial charge in [-0.2, -0.15) is 0 Å². The van der Waals surface area contributed by atoms with E-state index in [9.17, 15) is 14.4 Å². The molecule has 4 amide bonds. The molecule has 2 aliphatic heterocycles. The number of rotatable bonds is 4. The first-order valence-electron chi connectivity index (χ1n) is 9.77. The molecule has 0 bridgehead atoms. The van der Waals surface area contributed by atoms with Gasteiger partial charge >= 0.3 is 6.03 Å². The number of carbonyl (C=O) groups excluding carboxylic acids is 3. The van der Waals surface area contributed by atoms with Crippen LogP contribution in [0.3, 0.4) is 0 Å². The Morgan fingerprint density at radius 2 is 1.78 bits per heavy atom. The number of nitrogens with one attached hydrogen (secondary N) is 2. The number of nitrogens with zero attached hydrogens (tertiary/aromatic N) is 2. The zero-order chi connectivity index (χ0) is 19.0. The van der Waals surface area contributed by atoms with Crippen molar-refractivity contribution in [3.05, 3.63) is 30.3 Å². The minimum atomic E-state index is -0.503. The first kappa shape index (κ1) is 17.8. The van der Waals surface area contributed by atoms with Crippen LogP contribution in [0.2, 0.25) is 0 Å². The predicted octanol–water partition coefficient (Wildman–Crippen LogP) is 1.49. The van der Waals surface area contributed by atoms with E-state index in [1.807, 2.05) is 37.3 Å². The third-order valence-corrected chi connectivity index (χ3v) is 5.88. The Morgan fingerprint density at radius 1 is 1.07 bits per heavy atom. The summed E-state index contributed by atoms with van der Waals surface area (Å²) in [5, 5.41) is 5.87. The van der Waals surface area contributed by atoms with Crippen LogP contribution in [0.5, 0.6) is 0 Å². The summed E-state index contributed by atoms with van der Waals surface area (Å²) in [6, 6.07) is 8.86. The van der Waals surface area contributed by atoms with Crippen LogP contribution in [0.1, 0.15) is 32.6 Å². The van der Waals surface area contributed by atoms with Crippen molar-refractivity contribution in [3.8, 4) is 0 Å². The third-order valence-electron chi connectivity index (χ3n) is 5.88. The molecule has 1 saturated carbocycles. The lowest BCUT2D eigenvalue weighted by Gasteiger charge is -2.40. The molecule has 0 radical (unpaired) electrons. The lowest BCUT2D eigenvalue weighted by molar-refractivity contribution is -0.129. The highest BCUT2D eigenvalue weighted by Gasteiger charge is 2.41. The standard InChI is InChI=1S/C20H26N4O3/c1-13-10-17(19(26)24(13)16-8-3-2-4-9-16)22-20(27)23-11-15(12-23)21-18(25)14-6-5-7-14/h2-4,8-9,13-15,17H,5-7,10-12H2,1H3,(H,21,25)(H,22,27). The first-order valence-corrected chi connectivity index (χ1v) is 9.77. The van der Waals surface area contributed by atoms with E-state index in [-0.39, 0.29) is 35.8 Å². The van der Waals surface area contributed by atoms with Gasteiger partial charge in [0.15, 0.2) is 0 Å². The van der Waals surface area contributed by atoms with Gasteiger partial charge in [0, 0.05) is 30.7 Å². The first-order chi connectivity index (χ1) is 13.0. The van der Waals surface area contributed by atoms with Crippen LogP contribution < -0.4 is 15.5 Å². The number of hydrogen-bond donors (Lipinski definition) is 2. The fraction of sp³-hybridized carbons (Fsp3) is 0.550. The van der Waals surface area contributed by atoms with Crippen molar-refractivity contribution in [2.45, 2.75) is 50.7 Å². The molecule has 2 saturated heterocycles. The second kappa shape index (κ2) is 7.21. The summed E-state index contributed by atoms with van der Waals surface area (Å²) < 4.78 is 0. The maximum atomic E-state index is 12.7. The molecule has 1 aromatic rings. The highest BCUT2D eigenvalue weighted by atomic mass is 16.2. The van der Waals surface area contributed by atoms with Crippen molar-refractivity contribution in [2.75, 3.05) is 18.0 Å². The average Bonchev–Trinajstić information content (AvgIpc) is 2.83. The Morgan fingerprint density at radius 3 is 2.41 bits per heavy atom. The third kappa shape index (κ3) is 3.50. The smallest absolute Gasteiger partial charge is 0.318 e. The second-order valence-electron chi connectivity index (χ2n) is 7.87. The quantitative estimate of drug-likeness (QED) is 0.843. The molecule has 4 rings (SSSR count). The molecule has 7 heteroatoms. The Bertz CT molecular complexity index is 728. The minimum Gasteiger partial charge on any atom is -0.350 e. The topological polar surface area (TPSA) is 81.8 Å². The molecule has 0 aromatic heterocycles. The van der Waals surface area contributed by atoms with Gasteiger partial charge in [-0.3, -0.25) is 9.59 Å². The number of para-hydroxylation sites is 1. The van der Waals surface area contributed by atoms with E-state index >= 15 is 0 Å². The van der Waals surface area contributed by atoms with E-state index in [1.54, 1.807) is 9.80 Å². The Balaban J connectivity index is 1.27. The minimum absolute atomic E-state index is 0.0304. The van der Waals surface area contributed by atoms with Crippen LogP contribution in [0.4, 0.5) is 10.5 Å². The summed E-state index contributed by atoms with van der Waals surface area (Å²) in [6.07, 6.45) is 3.67. The summed E-state index contributed by atoms with van der Waals surface area (Å²) in [5.74, 6) is 0.205. The molecule has 2 heterocycles. The lowest BCUT2D eigenvalue weighted by atomic mass is 9.84. The van der Waals surface area contributed by atoms with Gasteiger partial charge in [-0.1, -0.05) is 24.6 Å². The highest BCUT2D eigenvalue weighted by Crippen LogP contribution is 2.28. The van der Waals surface area contributed by atoms with Gasteiger partial charge in [0.1, 0.15) is 6.04 Å². The van der Waals surface area contributed by atoms with Gasteiger partial charge in [0.25, 0.3) is 0 Å². The van der Waals surface area contributed by atoms with Crippen LogP contribution in [-0.4, -0.2) is 54.0 Å². The monoisotopic (exact) mass is 370 g/mol. The van der Waals surface area contributed by atoms with Crippen LogP contribution in [-0.2, 0) is 9.59 Å². The number of hydrogen-bond acceptors (Lipinski definition) is 3. The van der Waals surface area contributed by atoms with Crippen LogP contribution in [0, 0.1) is 5.92 Å². The van der Waals surface area contributed by atoms with Gasteiger partial charge in [-0.05, 0) is 38.3 Å². The maximum Gasteiger partial charge on any atom is 0.318 e. The largest absolute Gasteiger partial charge is 0.350 e. The Labute approximate surface area is 159 Å². The Kier molecular flexibility index (Phi) is 4.76. The highest BCUT2D eigenvalue weighted by molar-refractivity contribution is 6.01. The van der Waals surface area contributed by atoms with Gasteiger partial charge < -0.3 is 20.4 Å². The molecule has 144 valence electrons. The van der Waals surface area contributed by atoms with Crippen molar-refractivity contribution < 1.29 is 14.4 Å². The summed E-state index contributed by atoms with van der Waals surface area (Å²) in [5.41, 5.74) is 0.856. The summed E-state index contributed by atoms with van der Waals surface area (Å²) in [6.45, 7) is 3.00. The van der Waals surface area contributed by atoms with E-state index in [1.165, 1.54) is 0 Å². The van der Waals surface area contributed by atoms with Crippen molar-refractivity contribution in [1.29, 1.82) is 0 Å². The molecule has 1 aliphatic carbocycles. The predicted molar refractivity (Wildman–Crippen MR) is 101 cm³/mol. The zero-order valence-electron chi connectivity index (χ0n) is 15.6. The van der Waals surface area contributed by atoms with E-state index in [0.717, 1.165) is 24.9 Å². The number of anilines is 1. The molecule has 2 unspecified atom stereocenters. The summed E-state index contributed by atoms with van der Waals surface area (Å²) in [7, 11) is 0. The van der Waals surface area contributed by atoms with Gasteiger partial charge in [-0.25, -0.2) is 4.79 Å². The fourth-order valence-corrected chi connectivity index (χ4v) is 3.99. The number of carbonyl (C=O) groups is 3. The number of amides is 4. The summed E-state index contributed by atoms with van der Waals surface area (Å²) in [4.78, 5) is 40.5. The van der Waals surface area contributed by atoms with Gasteiger partial charge in [-0.15, -0.1) is 0 Å². The normalized spacial score (nSPS) is 25.7. The molecule has 3 fully saturated rings. The number of urea groups is 1. The molecule has 2 atom stereocenters. The van der Waals surface area contributed by atoms with E-state index in [2.05, 4.69) is 10.6 Å². The van der Waals surface area contributed by atoms with Crippen molar-refractivity contribution in [2.24, 2.45) is 5.92 Å². The van der Waals surface area contributed by atoms with Gasteiger partial charge in [0.2, 0.25) is 11.8 Å². The van der Waals surface area contributed by atoms with Crippen LogP contribution >= 0.6 is 0 Å². The molecule has 27 heavy (non-hydrogen) atoms. The Hall–Kier alpha value is -2.57. The average molecular weight is 370 g/mol. The van der Waals surface area contributed by atoms with E-state index < -0.39 is 6.04 Å². The second-order valence-corrected chi connectivity index (χ2v) is 7.87. The molecule has 2 N–H and O–H groups in total. The molecule has 0 spiro atoms. The molecular formula is C20H26N4O3. The van der Waals surface area contributed by atoms with Crippen molar-refractivity contribution in [3.63, 3.8) is 0 Å². The zero-order valence-corrected chi connectivity index (χ0v) is 15.6. The van der Waals surface area contributed by atoms with Crippen molar-refractivity contribution in [1.82, 2.24) is 15.5 Å². The lowest BCUT2D eigenvalue weighted by Crippen LogP contribution is -2.64. The van der Waals surface area contributed by atoms with Crippen LogP contribution in [0.25, 0.3) is 0 Å². The number of likely N-dealkylation sites (tertiary alicyclic amines) is 1. The fourth-order valence-electron chi connectivity index (χ4n) is 3.99. The van der Waals surface area contributed by atoms with E-state index in [0.29, 0.717) is 19.5 Å². The maximum absolute atomic E-state index is 12.7. The molecule has 1 aromatic carbocycles.